The number of nitrogens with two attached hydrogens (primary N) is 1. The fourth-order valence-electron chi connectivity index (χ4n) is 1.77. The summed E-state index contributed by atoms with van der Waals surface area (Å²) >= 11 is 3.24. The zero-order chi connectivity index (χ0) is 14.9. The normalized spacial score (nSPS) is 11.3. The Balaban J connectivity index is 2.46. The van der Waals surface area contributed by atoms with Crippen molar-refractivity contribution in [1.29, 1.82) is 0 Å². The number of nitrogens with one attached hydrogen (secondary N) is 1. The zero-order valence-electron chi connectivity index (χ0n) is 11.1. The molecule has 0 heterocycles. The highest BCUT2D eigenvalue weighted by Crippen LogP contribution is 2.27. The molecule has 0 spiro atoms. The number of halogens is 1. The molecule has 0 fully saturated rings. The predicted octanol–water partition coefficient (Wildman–Crippen LogP) is 3.45. The molecule has 2 aromatic carbocycles. The average molecular weight is 355 g/mol. The highest BCUT2D eigenvalue weighted by molar-refractivity contribution is 9.10. The summed E-state index contributed by atoms with van der Waals surface area (Å²) < 4.78 is 28.0. The Morgan fingerprint density at radius 3 is 2.50 bits per heavy atom. The maximum absolute atomic E-state index is 12.4. The molecule has 2 rings (SSSR count). The predicted molar refractivity (Wildman–Crippen MR) is 85.3 cm³/mol. The van der Waals surface area contributed by atoms with E-state index in [1.807, 2.05) is 26.0 Å². The number of sulfonamides is 1. The van der Waals surface area contributed by atoms with Gasteiger partial charge in [0, 0.05) is 10.2 Å². The lowest BCUT2D eigenvalue weighted by Crippen LogP contribution is -2.14. The Labute approximate surface area is 127 Å². The molecule has 3 N–H and O–H groups in total. The Bertz CT molecular complexity index is 758. The van der Waals surface area contributed by atoms with Gasteiger partial charge in [0.2, 0.25) is 0 Å². The molecule has 0 unspecified atom stereocenters. The van der Waals surface area contributed by atoms with Crippen LogP contribution in [0.1, 0.15) is 11.1 Å². The molecule has 0 aliphatic rings. The number of hydrogen-bond donors (Lipinski definition) is 2. The van der Waals surface area contributed by atoms with Crippen molar-refractivity contribution in [2.75, 3.05) is 10.5 Å². The summed E-state index contributed by atoms with van der Waals surface area (Å²) in [7, 11) is -3.68. The topological polar surface area (TPSA) is 72.2 Å². The molecule has 0 amide bonds. The zero-order valence-corrected chi connectivity index (χ0v) is 13.5. The van der Waals surface area contributed by atoms with Gasteiger partial charge in [0.15, 0.2) is 0 Å². The van der Waals surface area contributed by atoms with E-state index in [-0.39, 0.29) is 4.90 Å². The standard InChI is InChI=1S/C14H15BrN2O2S/c1-9-3-4-10(2)13(7-9)17-20(18,19)14-8-11(16)5-6-12(14)15/h3-8,17H,16H2,1-2H3. The molecular weight excluding hydrogens is 340 g/mol. The van der Waals surface area contributed by atoms with Crippen LogP contribution in [0.5, 0.6) is 0 Å². The summed E-state index contributed by atoms with van der Waals surface area (Å²) in [5, 5.41) is 0. The van der Waals surface area contributed by atoms with Crippen LogP contribution in [0.2, 0.25) is 0 Å². The molecular formula is C14H15BrN2O2S. The summed E-state index contributed by atoms with van der Waals surface area (Å²) in [5.74, 6) is 0. The van der Waals surface area contributed by atoms with Gasteiger partial charge in [-0.2, -0.15) is 0 Å². The Hall–Kier alpha value is -1.53. The molecule has 106 valence electrons. The van der Waals surface area contributed by atoms with E-state index < -0.39 is 10.0 Å². The van der Waals surface area contributed by atoms with E-state index in [1.165, 1.54) is 6.07 Å². The van der Waals surface area contributed by atoms with Crippen LogP contribution in [-0.2, 0) is 10.0 Å². The number of hydrogen-bond acceptors (Lipinski definition) is 3. The van der Waals surface area contributed by atoms with Gasteiger partial charge < -0.3 is 5.73 Å². The summed E-state index contributed by atoms with van der Waals surface area (Å²) in [6.07, 6.45) is 0. The Morgan fingerprint density at radius 1 is 1.10 bits per heavy atom. The van der Waals surface area contributed by atoms with Gasteiger partial charge in [0.05, 0.1) is 5.69 Å². The van der Waals surface area contributed by atoms with E-state index in [2.05, 4.69) is 20.7 Å². The lowest BCUT2D eigenvalue weighted by atomic mass is 10.1. The van der Waals surface area contributed by atoms with Gasteiger partial charge in [-0.25, -0.2) is 8.42 Å². The summed E-state index contributed by atoms with van der Waals surface area (Å²) in [6.45, 7) is 3.76. The van der Waals surface area contributed by atoms with E-state index in [9.17, 15) is 8.42 Å². The van der Waals surface area contributed by atoms with Crippen molar-refractivity contribution in [1.82, 2.24) is 0 Å². The first-order valence-electron chi connectivity index (χ1n) is 5.95. The maximum atomic E-state index is 12.4. The highest BCUT2D eigenvalue weighted by atomic mass is 79.9. The number of nitrogen functional groups attached to an aromatic ring is 1. The summed E-state index contributed by atoms with van der Waals surface area (Å²) in [5.41, 5.74) is 8.47. The van der Waals surface area contributed by atoms with Crippen LogP contribution in [0.25, 0.3) is 0 Å². The number of anilines is 2. The third kappa shape index (κ3) is 3.13. The second-order valence-electron chi connectivity index (χ2n) is 4.61. The molecule has 20 heavy (non-hydrogen) atoms. The summed E-state index contributed by atoms with van der Waals surface area (Å²) in [4.78, 5) is 0.124. The van der Waals surface area contributed by atoms with Gasteiger partial charge in [-0.05, 0) is 65.2 Å². The molecule has 4 nitrogen and oxygen atoms in total. The van der Waals surface area contributed by atoms with Crippen molar-refractivity contribution in [2.24, 2.45) is 0 Å². The second kappa shape index (κ2) is 5.46. The minimum atomic E-state index is -3.68. The third-order valence-corrected chi connectivity index (χ3v) is 5.24. The smallest absolute Gasteiger partial charge is 0.263 e. The van der Waals surface area contributed by atoms with E-state index in [4.69, 9.17) is 5.73 Å². The van der Waals surface area contributed by atoms with E-state index in [0.29, 0.717) is 15.8 Å². The molecule has 0 aromatic heterocycles. The summed E-state index contributed by atoms with van der Waals surface area (Å²) in [6, 6.07) is 10.3. The van der Waals surface area contributed by atoms with Gasteiger partial charge in [-0.3, -0.25) is 4.72 Å². The first kappa shape index (κ1) is 14.9. The van der Waals surface area contributed by atoms with Crippen LogP contribution >= 0.6 is 15.9 Å². The molecule has 0 aliphatic heterocycles. The van der Waals surface area contributed by atoms with E-state index in [0.717, 1.165) is 11.1 Å². The van der Waals surface area contributed by atoms with Gasteiger partial charge >= 0.3 is 0 Å². The van der Waals surface area contributed by atoms with Crippen LogP contribution in [0, 0.1) is 13.8 Å². The molecule has 0 aliphatic carbocycles. The van der Waals surface area contributed by atoms with Crippen LogP contribution < -0.4 is 10.5 Å². The van der Waals surface area contributed by atoms with E-state index in [1.54, 1.807) is 18.2 Å². The largest absolute Gasteiger partial charge is 0.399 e. The number of aryl methyl sites for hydroxylation is 2. The maximum Gasteiger partial charge on any atom is 0.263 e. The molecule has 0 radical (unpaired) electrons. The van der Waals surface area contributed by atoms with Gasteiger partial charge in [-0.15, -0.1) is 0 Å². The van der Waals surface area contributed by atoms with Crippen LogP contribution in [0.3, 0.4) is 0 Å². The van der Waals surface area contributed by atoms with Gasteiger partial charge in [-0.1, -0.05) is 12.1 Å². The average Bonchev–Trinajstić information content (AvgIpc) is 2.36. The molecule has 0 bridgehead atoms. The van der Waals surface area contributed by atoms with Crippen molar-refractivity contribution in [3.05, 3.63) is 52.0 Å². The van der Waals surface area contributed by atoms with Crippen molar-refractivity contribution in [2.45, 2.75) is 18.7 Å². The number of rotatable bonds is 3. The minimum absolute atomic E-state index is 0.124. The Morgan fingerprint density at radius 2 is 1.80 bits per heavy atom. The van der Waals surface area contributed by atoms with Crippen molar-refractivity contribution < 1.29 is 8.42 Å². The first-order chi connectivity index (χ1) is 9.29. The van der Waals surface area contributed by atoms with Crippen molar-refractivity contribution >= 4 is 37.3 Å². The minimum Gasteiger partial charge on any atom is -0.399 e. The second-order valence-corrected chi connectivity index (χ2v) is 7.12. The molecule has 6 heteroatoms. The van der Waals surface area contributed by atoms with Gasteiger partial charge in [0.1, 0.15) is 4.90 Å². The third-order valence-electron chi connectivity index (χ3n) is 2.88. The Kier molecular flexibility index (Phi) is 4.06. The molecule has 0 atom stereocenters. The highest BCUT2D eigenvalue weighted by Gasteiger charge is 2.19. The van der Waals surface area contributed by atoms with Gasteiger partial charge in [0.25, 0.3) is 10.0 Å². The first-order valence-corrected chi connectivity index (χ1v) is 8.22. The van der Waals surface area contributed by atoms with Crippen molar-refractivity contribution in [3.63, 3.8) is 0 Å². The molecule has 2 aromatic rings. The quantitative estimate of drug-likeness (QED) is 0.829. The monoisotopic (exact) mass is 354 g/mol. The van der Waals surface area contributed by atoms with Crippen LogP contribution in [0.15, 0.2) is 45.8 Å². The van der Waals surface area contributed by atoms with E-state index >= 15 is 0 Å². The SMILES string of the molecule is Cc1ccc(C)c(NS(=O)(=O)c2cc(N)ccc2Br)c1. The molecule has 0 saturated carbocycles. The van der Waals surface area contributed by atoms with Crippen LogP contribution in [0.4, 0.5) is 11.4 Å². The fraction of sp³-hybridized carbons (Fsp3) is 0.143. The molecule has 0 saturated heterocycles. The fourth-order valence-corrected chi connectivity index (χ4v) is 3.89. The lowest BCUT2D eigenvalue weighted by molar-refractivity contribution is 0.600. The van der Waals surface area contributed by atoms with Crippen molar-refractivity contribution in [3.8, 4) is 0 Å². The number of benzene rings is 2. The van der Waals surface area contributed by atoms with Crippen LogP contribution in [-0.4, -0.2) is 8.42 Å². The lowest BCUT2D eigenvalue weighted by Gasteiger charge is -2.13.